The van der Waals surface area contributed by atoms with Gasteiger partial charge in [0.15, 0.2) is 0 Å². The fraction of sp³-hybridized carbons (Fsp3) is 0.600. The van der Waals surface area contributed by atoms with Crippen molar-refractivity contribution in [2.45, 2.75) is 51.1 Å². The third kappa shape index (κ3) is 3.03. The van der Waals surface area contributed by atoms with E-state index >= 15 is 0 Å². The van der Waals surface area contributed by atoms with E-state index in [1.54, 1.807) is 0 Å². The van der Waals surface area contributed by atoms with Gasteiger partial charge in [-0.3, -0.25) is 4.68 Å². The zero-order chi connectivity index (χ0) is 13.8. The Balaban J connectivity index is 1.60. The van der Waals surface area contributed by atoms with Gasteiger partial charge in [-0.05, 0) is 18.9 Å². The molecule has 2 aromatic heterocycles. The minimum Gasteiger partial charge on any atom is -0.353 e. The molecule has 1 aliphatic carbocycles. The minimum atomic E-state index is 0.599. The molecule has 20 heavy (non-hydrogen) atoms. The van der Waals surface area contributed by atoms with Gasteiger partial charge in [-0.15, -0.1) is 0 Å². The lowest BCUT2D eigenvalue weighted by molar-refractivity contribution is 0.458. The summed E-state index contributed by atoms with van der Waals surface area (Å²) >= 11 is 0. The molecule has 1 N–H and O–H groups in total. The summed E-state index contributed by atoms with van der Waals surface area (Å²) in [5, 5.41) is 7.81. The van der Waals surface area contributed by atoms with Gasteiger partial charge in [-0.25, -0.2) is 4.98 Å². The maximum Gasteiger partial charge on any atom is 0.202 e. The highest BCUT2D eigenvalue weighted by Crippen LogP contribution is 2.21. The Morgan fingerprint density at radius 1 is 1.25 bits per heavy atom. The van der Waals surface area contributed by atoms with Gasteiger partial charge in [-0.1, -0.05) is 19.3 Å². The molecule has 108 valence electrons. The quantitative estimate of drug-likeness (QED) is 0.911. The fourth-order valence-corrected chi connectivity index (χ4v) is 2.94. The Hall–Kier alpha value is -1.78. The topological polar surface area (TPSA) is 47.7 Å². The predicted molar refractivity (Wildman–Crippen MR) is 79.6 cm³/mol. The Bertz CT molecular complexity index is 536. The molecule has 5 heteroatoms. The van der Waals surface area contributed by atoms with E-state index in [-0.39, 0.29) is 0 Å². The second kappa shape index (κ2) is 6.11. The first kappa shape index (κ1) is 13.2. The number of hydrogen-bond acceptors (Lipinski definition) is 3. The second-order valence-corrected chi connectivity index (χ2v) is 5.62. The summed E-state index contributed by atoms with van der Waals surface area (Å²) in [5.41, 5.74) is 1.25. The lowest BCUT2D eigenvalue weighted by Gasteiger charge is -2.23. The first-order valence-electron chi connectivity index (χ1n) is 7.57. The molecule has 0 bridgehead atoms. The van der Waals surface area contributed by atoms with Crippen molar-refractivity contribution in [3.63, 3.8) is 0 Å². The summed E-state index contributed by atoms with van der Waals surface area (Å²) in [5.74, 6) is 1.01. The highest BCUT2D eigenvalue weighted by atomic mass is 15.3. The zero-order valence-electron chi connectivity index (χ0n) is 12.1. The molecular formula is C15H23N5. The van der Waals surface area contributed by atoms with Gasteiger partial charge in [0.2, 0.25) is 5.95 Å². The molecule has 1 aliphatic rings. The number of nitrogens with zero attached hydrogens (tertiary/aromatic N) is 4. The van der Waals surface area contributed by atoms with Crippen LogP contribution in [-0.4, -0.2) is 25.4 Å². The highest BCUT2D eigenvalue weighted by Gasteiger charge is 2.15. The van der Waals surface area contributed by atoms with Gasteiger partial charge in [0.25, 0.3) is 0 Å². The van der Waals surface area contributed by atoms with Crippen molar-refractivity contribution in [2.75, 3.05) is 5.32 Å². The van der Waals surface area contributed by atoms with Crippen molar-refractivity contribution in [3.05, 3.63) is 30.4 Å². The molecule has 0 radical (unpaired) electrons. The van der Waals surface area contributed by atoms with Crippen molar-refractivity contribution in [3.8, 4) is 0 Å². The minimum absolute atomic E-state index is 0.599. The van der Waals surface area contributed by atoms with Gasteiger partial charge >= 0.3 is 0 Å². The number of imidazole rings is 1. The summed E-state index contributed by atoms with van der Waals surface area (Å²) in [6, 6.07) is 2.67. The molecule has 3 rings (SSSR count). The number of aryl methyl sites for hydroxylation is 3. The molecule has 0 atom stereocenters. The number of anilines is 1. The van der Waals surface area contributed by atoms with Crippen LogP contribution in [0.5, 0.6) is 0 Å². The van der Waals surface area contributed by atoms with Crippen LogP contribution in [0.25, 0.3) is 0 Å². The van der Waals surface area contributed by atoms with Crippen LogP contribution in [-0.2, 0) is 20.0 Å². The van der Waals surface area contributed by atoms with Crippen LogP contribution in [0.4, 0.5) is 5.95 Å². The molecule has 5 nitrogen and oxygen atoms in total. The maximum absolute atomic E-state index is 4.46. The third-order valence-corrected chi connectivity index (χ3v) is 4.19. The number of aromatic nitrogens is 4. The predicted octanol–water partition coefficient (Wildman–Crippen LogP) is 2.60. The SMILES string of the molecule is Cn1nccc1CCn1ccnc1NC1CCCCC1. The van der Waals surface area contributed by atoms with E-state index in [9.17, 15) is 0 Å². The van der Waals surface area contributed by atoms with E-state index in [0.29, 0.717) is 6.04 Å². The standard InChI is InChI=1S/C15H23N5/c1-19-14(7-9-17-19)8-11-20-12-10-16-15(20)18-13-5-3-2-4-6-13/h7,9-10,12-13H,2-6,8,11H2,1H3,(H,16,18). The first-order chi connectivity index (χ1) is 9.83. The summed E-state index contributed by atoms with van der Waals surface area (Å²) in [6.45, 7) is 0.939. The lowest BCUT2D eigenvalue weighted by Crippen LogP contribution is -2.24. The molecule has 2 aromatic rings. The zero-order valence-corrected chi connectivity index (χ0v) is 12.1. The van der Waals surface area contributed by atoms with E-state index in [1.807, 2.05) is 24.1 Å². The summed E-state index contributed by atoms with van der Waals surface area (Å²) in [4.78, 5) is 4.46. The first-order valence-corrected chi connectivity index (χ1v) is 7.57. The lowest BCUT2D eigenvalue weighted by atomic mass is 9.96. The molecule has 2 heterocycles. The van der Waals surface area contributed by atoms with Crippen molar-refractivity contribution < 1.29 is 0 Å². The highest BCUT2D eigenvalue weighted by molar-refractivity contribution is 5.27. The van der Waals surface area contributed by atoms with Crippen LogP contribution in [0.15, 0.2) is 24.7 Å². The summed E-state index contributed by atoms with van der Waals surface area (Å²) < 4.78 is 4.15. The van der Waals surface area contributed by atoms with Crippen LogP contribution >= 0.6 is 0 Å². The molecule has 0 aromatic carbocycles. The molecule has 0 spiro atoms. The van der Waals surface area contributed by atoms with E-state index < -0.39 is 0 Å². The van der Waals surface area contributed by atoms with Crippen LogP contribution < -0.4 is 5.32 Å². The van der Waals surface area contributed by atoms with Gasteiger partial charge < -0.3 is 9.88 Å². The molecule has 0 aliphatic heterocycles. The molecule has 0 amide bonds. The van der Waals surface area contributed by atoms with Gasteiger partial charge in [-0.2, -0.15) is 5.10 Å². The van der Waals surface area contributed by atoms with Crippen LogP contribution in [0.1, 0.15) is 37.8 Å². The van der Waals surface area contributed by atoms with Crippen molar-refractivity contribution in [1.29, 1.82) is 0 Å². The van der Waals surface area contributed by atoms with Gasteiger partial charge in [0, 0.05) is 50.3 Å². The molecule has 1 fully saturated rings. The van der Waals surface area contributed by atoms with Crippen LogP contribution in [0.2, 0.25) is 0 Å². The average molecular weight is 273 g/mol. The Labute approximate surface area is 120 Å². The Morgan fingerprint density at radius 3 is 2.85 bits per heavy atom. The molecular weight excluding hydrogens is 250 g/mol. The van der Waals surface area contributed by atoms with E-state index in [2.05, 4.69) is 32.2 Å². The second-order valence-electron chi connectivity index (χ2n) is 5.62. The number of nitrogens with one attached hydrogen (secondary N) is 1. The normalized spacial score (nSPS) is 16.4. The van der Waals surface area contributed by atoms with Gasteiger partial charge in [0.05, 0.1) is 0 Å². The smallest absolute Gasteiger partial charge is 0.202 e. The Kier molecular flexibility index (Phi) is 4.04. The number of hydrogen-bond donors (Lipinski definition) is 1. The summed E-state index contributed by atoms with van der Waals surface area (Å²) in [7, 11) is 1.99. The van der Waals surface area contributed by atoms with E-state index in [0.717, 1.165) is 18.9 Å². The van der Waals surface area contributed by atoms with E-state index in [1.165, 1.54) is 37.8 Å². The maximum atomic E-state index is 4.46. The molecule has 1 saturated carbocycles. The monoisotopic (exact) mass is 273 g/mol. The third-order valence-electron chi connectivity index (χ3n) is 4.19. The van der Waals surface area contributed by atoms with Crippen LogP contribution in [0, 0.1) is 0 Å². The van der Waals surface area contributed by atoms with Crippen molar-refractivity contribution >= 4 is 5.95 Å². The molecule has 0 unspecified atom stereocenters. The van der Waals surface area contributed by atoms with Crippen molar-refractivity contribution in [2.24, 2.45) is 7.05 Å². The van der Waals surface area contributed by atoms with Crippen LogP contribution in [0.3, 0.4) is 0 Å². The Morgan fingerprint density at radius 2 is 2.10 bits per heavy atom. The molecule has 0 saturated heterocycles. The summed E-state index contributed by atoms with van der Waals surface area (Å²) in [6.07, 6.45) is 13.4. The fourth-order valence-electron chi connectivity index (χ4n) is 2.94. The average Bonchev–Trinajstić information content (AvgIpc) is 3.07. The number of rotatable bonds is 5. The van der Waals surface area contributed by atoms with Gasteiger partial charge in [0.1, 0.15) is 0 Å². The van der Waals surface area contributed by atoms with Crippen molar-refractivity contribution in [1.82, 2.24) is 19.3 Å². The van der Waals surface area contributed by atoms with E-state index in [4.69, 9.17) is 0 Å². The largest absolute Gasteiger partial charge is 0.353 e.